The third kappa shape index (κ3) is 3.72. The lowest BCUT2D eigenvalue weighted by molar-refractivity contribution is -0.144. The molecule has 0 radical (unpaired) electrons. The molecule has 0 saturated carbocycles. The number of amides is 2. The molecule has 0 bridgehead atoms. The van der Waals surface area contributed by atoms with Crippen molar-refractivity contribution in [3.63, 3.8) is 0 Å². The standard InChI is InChI=1S/C15H22N4O2/c1-3-18-6-8-19(9-7-18)15(21)14(20)17-13-10-11(2)4-5-12(13)16/h4-5,10H,3,6-9,16H2,1-2H3,(H,17,20). The molecule has 0 atom stereocenters. The molecule has 1 aliphatic heterocycles. The molecule has 0 spiro atoms. The molecule has 21 heavy (non-hydrogen) atoms. The summed E-state index contributed by atoms with van der Waals surface area (Å²) in [5, 5.41) is 2.60. The monoisotopic (exact) mass is 290 g/mol. The SMILES string of the molecule is CCN1CCN(C(=O)C(=O)Nc2cc(C)ccc2N)CC1. The molecule has 1 fully saturated rings. The summed E-state index contributed by atoms with van der Waals surface area (Å²) < 4.78 is 0. The third-order valence-electron chi connectivity index (χ3n) is 3.76. The fourth-order valence-electron chi connectivity index (χ4n) is 2.36. The van der Waals surface area contributed by atoms with Crippen LogP contribution in [0.5, 0.6) is 0 Å². The molecule has 1 saturated heterocycles. The van der Waals surface area contributed by atoms with Gasteiger partial charge in [0.15, 0.2) is 0 Å². The van der Waals surface area contributed by atoms with Gasteiger partial charge in [0.25, 0.3) is 0 Å². The molecule has 0 aromatic heterocycles. The van der Waals surface area contributed by atoms with Crippen LogP contribution in [0.3, 0.4) is 0 Å². The van der Waals surface area contributed by atoms with Gasteiger partial charge in [-0.15, -0.1) is 0 Å². The first-order valence-electron chi connectivity index (χ1n) is 7.20. The van der Waals surface area contributed by atoms with Crippen molar-refractivity contribution in [2.75, 3.05) is 43.8 Å². The summed E-state index contributed by atoms with van der Waals surface area (Å²) in [4.78, 5) is 28.0. The molecular weight excluding hydrogens is 268 g/mol. The first-order valence-corrected chi connectivity index (χ1v) is 7.20. The van der Waals surface area contributed by atoms with Gasteiger partial charge in [0.05, 0.1) is 11.4 Å². The quantitative estimate of drug-likeness (QED) is 0.620. The lowest BCUT2D eigenvalue weighted by Crippen LogP contribution is -2.51. The van der Waals surface area contributed by atoms with E-state index in [1.54, 1.807) is 17.0 Å². The van der Waals surface area contributed by atoms with E-state index in [0.29, 0.717) is 24.5 Å². The average Bonchev–Trinajstić information content (AvgIpc) is 2.50. The molecule has 6 heteroatoms. The number of nitrogens with zero attached hydrogens (tertiary/aromatic N) is 2. The molecular formula is C15H22N4O2. The third-order valence-corrected chi connectivity index (χ3v) is 3.76. The van der Waals surface area contributed by atoms with Crippen LogP contribution < -0.4 is 11.1 Å². The van der Waals surface area contributed by atoms with Gasteiger partial charge in [0, 0.05) is 26.2 Å². The van der Waals surface area contributed by atoms with E-state index in [9.17, 15) is 9.59 Å². The Kier molecular flexibility index (Phi) is 4.80. The predicted octanol–water partition coefficient (Wildman–Crippen LogP) is 0.680. The molecule has 1 heterocycles. The van der Waals surface area contributed by atoms with Crippen molar-refractivity contribution in [1.82, 2.24) is 9.80 Å². The van der Waals surface area contributed by atoms with E-state index in [2.05, 4.69) is 17.1 Å². The van der Waals surface area contributed by atoms with Gasteiger partial charge in [-0.3, -0.25) is 9.59 Å². The minimum atomic E-state index is -0.628. The molecule has 1 aliphatic rings. The molecule has 2 amide bonds. The molecule has 0 unspecified atom stereocenters. The number of benzene rings is 1. The highest BCUT2D eigenvalue weighted by Crippen LogP contribution is 2.19. The summed E-state index contributed by atoms with van der Waals surface area (Å²) in [5.41, 5.74) is 7.72. The molecule has 6 nitrogen and oxygen atoms in total. The summed E-state index contributed by atoms with van der Waals surface area (Å²) in [6.07, 6.45) is 0. The van der Waals surface area contributed by atoms with E-state index in [-0.39, 0.29) is 0 Å². The highest BCUT2D eigenvalue weighted by atomic mass is 16.2. The second kappa shape index (κ2) is 6.58. The Morgan fingerprint density at radius 2 is 1.90 bits per heavy atom. The number of rotatable bonds is 2. The maximum Gasteiger partial charge on any atom is 0.313 e. The number of carbonyl (C=O) groups excluding carboxylic acids is 2. The minimum Gasteiger partial charge on any atom is -0.397 e. The number of likely N-dealkylation sites (N-methyl/N-ethyl adjacent to an activating group) is 1. The highest BCUT2D eigenvalue weighted by molar-refractivity contribution is 6.39. The van der Waals surface area contributed by atoms with Crippen LogP contribution in [0.2, 0.25) is 0 Å². The van der Waals surface area contributed by atoms with Crippen LogP contribution in [0.25, 0.3) is 0 Å². The number of aryl methyl sites for hydroxylation is 1. The van der Waals surface area contributed by atoms with Crippen LogP contribution in [-0.4, -0.2) is 54.3 Å². The highest BCUT2D eigenvalue weighted by Gasteiger charge is 2.25. The Morgan fingerprint density at radius 3 is 2.52 bits per heavy atom. The van der Waals surface area contributed by atoms with Crippen LogP contribution >= 0.6 is 0 Å². The number of carbonyl (C=O) groups is 2. The smallest absolute Gasteiger partial charge is 0.313 e. The van der Waals surface area contributed by atoms with E-state index in [4.69, 9.17) is 5.73 Å². The van der Waals surface area contributed by atoms with Gasteiger partial charge in [-0.25, -0.2) is 0 Å². The summed E-state index contributed by atoms with van der Waals surface area (Å²) in [7, 11) is 0. The van der Waals surface area contributed by atoms with Gasteiger partial charge >= 0.3 is 11.8 Å². The number of nitrogens with one attached hydrogen (secondary N) is 1. The fraction of sp³-hybridized carbons (Fsp3) is 0.467. The summed E-state index contributed by atoms with van der Waals surface area (Å²) in [6, 6.07) is 5.34. The number of anilines is 2. The average molecular weight is 290 g/mol. The number of piperazine rings is 1. The van der Waals surface area contributed by atoms with Crippen molar-refractivity contribution >= 4 is 23.2 Å². The predicted molar refractivity (Wildman–Crippen MR) is 82.9 cm³/mol. The van der Waals surface area contributed by atoms with Crippen LogP contribution in [0, 0.1) is 6.92 Å². The summed E-state index contributed by atoms with van der Waals surface area (Å²) in [6.45, 7) is 7.75. The topological polar surface area (TPSA) is 78.7 Å². The van der Waals surface area contributed by atoms with Crippen molar-refractivity contribution in [1.29, 1.82) is 0 Å². The Bertz CT molecular complexity index is 536. The van der Waals surface area contributed by atoms with E-state index in [1.807, 2.05) is 13.0 Å². The summed E-state index contributed by atoms with van der Waals surface area (Å²) in [5.74, 6) is -1.12. The van der Waals surface area contributed by atoms with E-state index >= 15 is 0 Å². The van der Waals surface area contributed by atoms with Crippen molar-refractivity contribution in [3.8, 4) is 0 Å². The lowest BCUT2D eigenvalue weighted by Gasteiger charge is -2.33. The number of hydrogen-bond donors (Lipinski definition) is 2. The number of nitrogen functional groups attached to an aromatic ring is 1. The van der Waals surface area contributed by atoms with Crippen LogP contribution in [0.15, 0.2) is 18.2 Å². The molecule has 3 N–H and O–H groups in total. The van der Waals surface area contributed by atoms with Crippen molar-refractivity contribution in [2.45, 2.75) is 13.8 Å². The Hall–Kier alpha value is -2.08. The van der Waals surface area contributed by atoms with E-state index < -0.39 is 11.8 Å². The second-order valence-electron chi connectivity index (χ2n) is 5.27. The number of hydrogen-bond acceptors (Lipinski definition) is 4. The van der Waals surface area contributed by atoms with Gasteiger partial charge in [0.1, 0.15) is 0 Å². The molecule has 1 aromatic carbocycles. The van der Waals surface area contributed by atoms with E-state index in [1.165, 1.54) is 0 Å². The number of nitrogens with two attached hydrogens (primary N) is 1. The van der Waals surface area contributed by atoms with Crippen molar-refractivity contribution < 1.29 is 9.59 Å². The van der Waals surface area contributed by atoms with Gasteiger partial charge in [-0.2, -0.15) is 0 Å². The largest absolute Gasteiger partial charge is 0.397 e. The Labute approximate surface area is 124 Å². The minimum absolute atomic E-state index is 0.456. The first kappa shape index (κ1) is 15.3. The molecule has 0 aliphatic carbocycles. The first-order chi connectivity index (χ1) is 10.0. The Balaban J connectivity index is 1.97. The summed E-state index contributed by atoms with van der Waals surface area (Å²) >= 11 is 0. The fourth-order valence-corrected chi connectivity index (χ4v) is 2.36. The van der Waals surface area contributed by atoms with Crippen molar-refractivity contribution in [3.05, 3.63) is 23.8 Å². The van der Waals surface area contributed by atoms with Gasteiger partial charge < -0.3 is 20.9 Å². The van der Waals surface area contributed by atoms with Crippen LogP contribution in [0.4, 0.5) is 11.4 Å². The zero-order chi connectivity index (χ0) is 15.4. The maximum atomic E-state index is 12.1. The maximum absolute atomic E-state index is 12.1. The van der Waals surface area contributed by atoms with Gasteiger partial charge in [-0.05, 0) is 31.2 Å². The zero-order valence-electron chi connectivity index (χ0n) is 12.6. The zero-order valence-corrected chi connectivity index (χ0v) is 12.6. The lowest BCUT2D eigenvalue weighted by atomic mass is 10.2. The van der Waals surface area contributed by atoms with Gasteiger partial charge in [-0.1, -0.05) is 13.0 Å². The molecule has 2 rings (SSSR count). The van der Waals surface area contributed by atoms with E-state index in [0.717, 1.165) is 25.2 Å². The van der Waals surface area contributed by atoms with Crippen molar-refractivity contribution in [2.24, 2.45) is 0 Å². The molecule has 1 aromatic rings. The molecule has 114 valence electrons. The van der Waals surface area contributed by atoms with Crippen LogP contribution in [-0.2, 0) is 9.59 Å². The normalized spacial score (nSPS) is 15.8. The van der Waals surface area contributed by atoms with Gasteiger partial charge in [0.2, 0.25) is 0 Å². The Morgan fingerprint density at radius 1 is 1.24 bits per heavy atom. The van der Waals surface area contributed by atoms with Crippen LogP contribution in [0.1, 0.15) is 12.5 Å². The second-order valence-corrected chi connectivity index (χ2v) is 5.27.